The van der Waals surface area contributed by atoms with Gasteiger partial charge in [-0.05, 0) is 70.6 Å². The summed E-state index contributed by atoms with van der Waals surface area (Å²) < 4.78 is 22.8. The second-order valence-electron chi connectivity index (χ2n) is 22.9. The lowest BCUT2D eigenvalue weighted by atomic mass is 9.97. The molecule has 2 aliphatic heterocycles. The molecule has 2 saturated heterocycles. The summed E-state index contributed by atoms with van der Waals surface area (Å²) in [5.74, 6) is -0.241. The normalized spacial score (nSPS) is 24.5. The first-order valence-corrected chi connectivity index (χ1v) is 32.8. The van der Waals surface area contributed by atoms with Crippen molar-refractivity contribution in [1.29, 1.82) is 0 Å². The predicted molar refractivity (Wildman–Crippen MR) is 332 cm³/mol. The van der Waals surface area contributed by atoms with Crippen molar-refractivity contribution in [3.05, 3.63) is 85.1 Å². The third-order valence-electron chi connectivity index (χ3n) is 15.6. The Balaban J connectivity index is 1.62. The SMILES string of the molecule is CC/C=C\C/C=C\C/C=C\C/C=C\C/C=C\C/C=C\CCCCCCCCCCCCCCCCCCC(=O)NC(COC1OC(CO)C(OC2OC(CO)C(O)C(O)C2O)C(O)C1O)C(O)/C=C/CCCCCCCCCCCCC. The molecule has 14 nitrogen and oxygen atoms in total. The highest BCUT2D eigenvalue weighted by atomic mass is 16.7. The summed E-state index contributed by atoms with van der Waals surface area (Å²) in [7, 11) is 0. The van der Waals surface area contributed by atoms with Gasteiger partial charge in [-0.15, -0.1) is 0 Å². The highest BCUT2D eigenvalue weighted by molar-refractivity contribution is 5.76. The number of rotatable bonds is 52. The molecule has 2 rings (SSSR count). The number of amides is 1. The quantitative estimate of drug-likeness (QED) is 0.0204. The van der Waals surface area contributed by atoms with Crippen LogP contribution in [-0.4, -0.2) is 140 Å². The van der Waals surface area contributed by atoms with Gasteiger partial charge >= 0.3 is 0 Å². The van der Waals surface area contributed by atoms with Crippen LogP contribution in [0.25, 0.3) is 0 Å². The molecular formula is C68H119NO13. The zero-order valence-electron chi connectivity index (χ0n) is 51.2. The van der Waals surface area contributed by atoms with Gasteiger partial charge in [-0.3, -0.25) is 4.79 Å². The Morgan fingerprint density at radius 3 is 1.29 bits per heavy atom. The van der Waals surface area contributed by atoms with E-state index in [1.165, 1.54) is 141 Å². The molecule has 82 heavy (non-hydrogen) atoms. The van der Waals surface area contributed by atoms with Crippen LogP contribution >= 0.6 is 0 Å². The minimum atomic E-state index is -1.79. The van der Waals surface area contributed by atoms with E-state index in [1.807, 2.05) is 6.08 Å². The van der Waals surface area contributed by atoms with Crippen molar-refractivity contribution >= 4 is 5.91 Å². The van der Waals surface area contributed by atoms with Gasteiger partial charge in [-0.2, -0.15) is 0 Å². The Morgan fingerprint density at radius 1 is 0.451 bits per heavy atom. The van der Waals surface area contributed by atoms with E-state index in [9.17, 15) is 45.6 Å². The number of nitrogens with one attached hydrogen (secondary N) is 1. The highest BCUT2D eigenvalue weighted by Gasteiger charge is 2.51. The maximum atomic E-state index is 13.3. The van der Waals surface area contributed by atoms with Crippen molar-refractivity contribution in [2.24, 2.45) is 0 Å². The van der Waals surface area contributed by atoms with Gasteiger partial charge in [-0.1, -0.05) is 253 Å². The largest absolute Gasteiger partial charge is 0.394 e. The Kier molecular flexibility index (Phi) is 48.2. The van der Waals surface area contributed by atoms with Gasteiger partial charge in [0.25, 0.3) is 0 Å². The van der Waals surface area contributed by atoms with Crippen LogP contribution in [0.2, 0.25) is 0 Å². The van der Waals surface area contributed by atoms with E-state index in [4.69, 9.17) is 18.9 Å². The molecule has 2 aliphatic rings. The molecule has 12 atom stereocenters. The van der Waals surface area contributed by atoms with Gasteiger partial charge < -0.3 is 65.1 Å². The molecule has 1 amide bonds. The lowest BCUT2D eigenvalue weighted by molar-refractivity contribution is -0.359. The molecule has 0 radical (unpaired) electrons. The van der Waals surface area contributed by atoms with Crippen molar-refractivity contribution in [2.75, 3.05) is 19.8 Å². The fourth-order valence-corrected chi connectivity index (χ4v) is 10.4. The van der Waals surface area contributed by atoms with E-state index in [1.54, 1.807) is 6.08 Å². The second kappa shape index (κ2) is 52.5. The predicted octanol–water partition coefficient (Wildman–Crippen LogP) is 12.4. The summed E-state index contributed by atoms with van der Waals surface area (Å²) >= 11 is 0. The number of ether oxygens (including phenoxy) is 4. The molecule has 2 fully saturated rings. The molecule has 12 unspecified atom stereocenters. The summed E-state index contributed by atoms with van der Waals surface area (Å²) in [4.78, 5) is 13.3. The van der Waals surface area contributed by atoms with Crippen molar-refractivity contribution < 1.29 is 64.6 Å². The number of carbonyl (C=O) groups excluding carboxylic acids is 1. The van der Waals surface area contributed by atoms with E-state index in [0.717, 1.165) is 77.0 Å². The highest BCUT2D eigenvalue weighted by Crippen LogP contribution is 2.30. The summed E-state index contributed by atoms with van der Waals surface area (Å²) in [6.45, 7) is 2.68. The minimum Gasteiger partial charge on any atom is -0.394 e. The van der Waals surface area contributed by atoms with Crippen molar-refractivity contribution in [2.45, 2.75) is 319 Å². The Labute approximate surface area is 497 Å². The smallest absolute Gasteiger partial charge is 0.220 e. The first-order chi connectivity index (χ1) is 40.1. The van der Waals surface area contributed by atoms with Crippen LogP contribution in [0.1, 0.15) is 245 Å². The molecule has 0 saturated carbocycles. The molecule has 9 N–H and O–H groups in total. The third kappa shape index (κ3) is 36.9. The fourth-order valence-electron chi connectivity index (χ4n) is 10.4. The number of aliphatic hydroxyl groups excluding tert-OH is 8. The van der Waals surface area contributed by atoms with Gasteiger partial charge in [0.15, 0.2) is 12.6 Å². The van der Waals surface area contributed by atoms with Gasteiger partial charge in [0.05, 0.1) is 32.0 Å². The monoisotopic (exact) mass is 1160 g/mol. The second-order valence-corrected chi connectivity index (χ2v) is 22.9. The zero-order chi connectivity index (χ0) is 59.5. The van der Waals surface area contributed by atoms with Crippen LogP contribution in [0.4, 0.5) is 0 Å². The molecule has 0 aliphatic carbocycles. The van der Waals surface area contributed by atoms with Gasteiger partial charge in [-0.25, -0.2) is 0 Å². The average molecular weight is 1160 g/mol. The van der Waals surface area contributed by atoms with Crippen LogP contribution in [0.3, 0.4) is 0 Å². The molecule has 0 aromatic carbocycles. The lowest BCUT2D eigenvalue weighted by Gasteiger charge is -2.46. The number of hydrogen-bond donors (Lipinski definition) is 9. The Bertz CT molecular complexity index is 1700. The summed E-state index contributed by atoms with van der Waals surface area (Å²) in [5, 5.41) is 87.1. The van der Waals surface area contributed by atoms with E-state index >= 15 is 0 Å². The fraction of sp³-hybridized carbons (Fsp3) is 0.779. The number of hydrogen-bond acceptors (Lipinski definition) is 13. The average Bonchev–Trinajstić information content (AvgIpc) is 3.56. The van der Waals surface area contributed by atoms with Crippen molar-refractivity contribution in [3.63, 3.8) is 0 Å². The number of aliphatic hydroxyl groups is 8. The molecule has 0 aromatic rings. The standard InChI is InChI=1S/C68H119NO13/c1-3-5-7-9-11-13-15-17-18-19-20-21-22-23-24-25-26-27-28-29-30-31-32-33-34-35-36-37-38-40-42-44-46-48-50-52-60(73)69-56(57(72)51-49-47-45-43-41-39-16-14-12-10-8-6-4-2)55-79-67-65(78)63(76)66(59(54-71)81-67)82-68-64(77)62(75)61(74)58(53-70)80-68/h5,7,11,13,17-18,20-21,23-24,26-27,49,51,56-59,61-68,70-72,74-78H,3-4,6,8-10,12,14-16,19,22,25,28-48,50,52-55H2,1-2H3,(H,69,73)/b7-5-,13-11-,18-17-,21-20-,24-23-,27-26-,51-49+. The summed E-state index contributed by atoms with van der Waals surface area (Å²) in [5.41, 5.74) is 0. The van der Waals surface area contributed by atoms with E-state index in [-0.39, 0.29) is 18.9 Å². The number of carbonyl (C=O) groups is 1. The third-order valence-corrected chi connectivity index (χ3v) is 15.6. The van der Waals surface area contributed by atoms with E-state index in [0.29, 0.717) is 6.42 Å². The van der Waals surface area contributed by atoms with Gasteiger partial charge in [0, 0.05) is 6.42 Å². The summed E-state index contributed by atoms with van der Waals surface area (Å²) in [6.07, 6.45) is 55.0. The van der Waals surface area contributed by atoms with Crippen LogP contribution in [0.5, 0.6) is 0 Å². The van der Waals surface area contributed by atoms with Crippen LogP contribution in [0, 0.1) is 0 Å². The lowest BCUT2D eigenvalue weighted by Crippen LogP contribution is -2.65. The van der Waals surface area contributed by atoms with Crippen molar-refractivity contribution in [1.82, 2.24) is 5.32 Å². The molecular weight excluding hydrogens is 1040 g/mol. The minimum absolute atomic E-state index is 0.241. The van der Waals surface area contributed by atoms with E-state index < -0.39 is 86.8 Å². The van der Waals surface area contributed by atoms with Crippen LogP contribution < -0.4 is 5.32 Å². The maximum Gasteiger partial charge on any atom is 0.220 e. The zero-order valence-corrected chi connectivity index (χ0v) is 51.2. The maximum absolute atomic E-state index is 13.3. The van der Waals surface area contributed by atoms with Gasteiger partial charge in [0.2, 0.25) is 5.91 Å². The van der Waals surface area contributed by atoms with Gasteiger partial charge in [0.1, 0.15) is 48.8 Å². The first-order valence-electron chi connectivity index (χ1n) is 32.8. The molecule has 14 heteroatoms. The molecule has 0 aromatic heterocycles. The molecule has 474 valence electrons. The van der Waals surface area contributed by atoms with E-state index in [2.05, 4.69) is 92.1 Å². The number of allylic oxidation sites excluding steroid dienone is 13. The first kappa shape index (κ1) is 75.3. The summed E-state index contributed by atoms with van der Waals surface area (Å²) in [6, 6.07) is -0.917. The van der Waals surface area contributed by atoms with Crippen LogP contribution in [0.15, 0.2) is 85.1 Å². The Hall–Kier alpha value is -2.83. The molecule has 0 spiro atoms. The van der Waals surface area contributed by atoms with Crippen molar-refractivity contribution in [3.8, 4) is 0 Å². The number of unbranched alkanes of at least 4 members (excludes halogenated alkanes) is 27. The topological polar surface area (TPSA) is 228 Å². The molecule has 2 heterocycles. The Morgan fingerprint density at radius 2 is 0.841 bits per heavy atom. The molecule has 0 bridgehead atoms. The van der Waals surface area contributed by atoms with Crippen LogP contribution in [-0.2, 0) is 23.7 Å².